The van der Waals surface area contributed by atoms with E-state index >= 15 is 0 Å². The zero-order valence-electron chi connectivity index (χ0n) is 28.6. The van der Waals surface area contributed by atoms with E-state index in [4.69, 9.17) is 9.26 Å². The molecule has 0 fully saturated rings. The normalized spacial score (nSPS) is 12.6. The van der Waals surface area contributed by atoms with E-state index < -0.39 is 60.0 Å². The average molecular weight is 708 g/mol. The number of nitrogens with zero attached hydrogens (tertiary/aromatic N) is 3. The van der Waals surface area contributed by atoms with Gasteiger partial charge < -0.3 is 24.8 Å². The largest absolute Gasteiger partial charge is 0.445 e. The van der Waals surface area contributed by atoms with Gasteiger partial charge >= 0.3 is 12.3 Å². The molecule has 1 heterocycles. The van der Waals surface area contributed by atoms with Gasteiger partial charge in [-0.15, -0.1) is 0 Å². The van der Waals surface area contributed by atoms with Crippen molar-refractivity contribution in [1.29, 1.82) is 0 Å². The first kappa shape index (κ1) is 38.3. The lowest BCUT2D eigenvalue weighted by atomic mass is 9.99. The van der Waals surface area contributed by atoms with Crippen LogP contribution in [-0.2, 0) is 40.1 Å². The number of nitrogens with one attached hydrogen (secondary N) is 2. The van der Waals surface area contributed by atoms with Crippen LogP contribution in [0.2, 0.25) is 0 Å². The Morgan fingerprint density at radius 1 is 0.804 bits per heavy atom. The van der Waals surface area contributed by atoms with Crippen LogP contribution in [0.5, 0.6) is 0 Å². The SMILES string of the molecule is CC(C)[C@H](NC(=O)CN(Cc1ccccc1)C(=O)[C@@H](NC(=O)OCc1ccccc1)C(C)C)C(=O)c1noc(Cc2cccc(C(F)(F)F)c2)n1. The molecule has 0 spiro atoms. The summed E-state index contributed by atoms with van der Waals surface area (Å²) in [5.41, 5.74) is 0.911. The zero-order valence-corrected chi connectivity index (χ0v) is 28.6. The third kappa shape index (κ3) is 11.2. The number of hydrogen-bond acceptors (Lipinski definition) is 8. The Bertz CT molecular complexity index is 1780. The monoisotopic (exact) mass is 707 g/mol. The van der Waals surface area contributed by atoms with E-state index in [1.165, 1.54) is 17.0 Å². The van der Waals surface area contributed by atoms with Gasteiger partial charge in [0.15, 0.2) is 0 Å². The first-order chi connectivity index (χ1) is 24.2. The lowest BCUT2D eigenvalue weighted by Crippen LogP contribution is -2.54. The fraction of sp³-hybridized carbons (Fsp3) is 0.351. The van der Waals surface area contributed by atoms with Crippen molar-refractivity contribution in [3.63, 3.8) is 0 Å². The molecule has 11 nitrogen and oxygen atoms in total. The number of aromatic nitrogens is 2. The molecule has 0 bridgehead atoms. The standard InChI is InChI=1S/C37H40F3N5O6/c1-23(2)31(33(47)34-42-30(51-44-34)19-27-16-11-17-28(18-27)37(38,39)40)41-29(46)21-45(20-25-12-7-5-8-13-25)35(48)32(24(3)4)43-36(49)50-22-26-14-9-6-10-15-26/h5-18,23-24,31-32H,19-22H2,1-4H3,(H,41,46)(H,43,49)/t31-,32-/m0/s1. The molecule has 0 aliphatic carbocycles. The molecule has 0 radical (unpaired) electrons. The predicted octanol–water partition coefficient (Wildman–Crippen LogP) is 5.98. The lowest BCUT2D eigenvalue weighted by molar-refractivity contribution is -0.139. The summed E-state index contributed by atoms with van der Waals surface area (Å²) in [6.45, 7) is 6.46. The number of ether oxygens (including phenoxy) is 1. The van der Waals surface area contributed by atoms with Crippen LogP contribution < -0.4 is 10.6 Å². The van der Waals surface area contributed by atoms with Crippen molar-refractivity contribution in [1.82, 2.24) is 25.7 Å². The number of carbonyl (C=O) groups is 4. The molecule has 0 saturated heterocycles. The molecule has 3 aromatic carbocycles. The zero-order chi connectivity index (χ0) is 37.1. The van der Waals surface area contributed by atoms with Gasteiger partial charge in [-0.3, -0.25) is 14.4 Å². The molecule has 3 amide bonds. The number of amides is 3. The lowest BCUT2D eigenvalue weighted by Gasteiger charge is -2.30. The number of benzene rings is 3. The fourth-order valence-electron chi connectivity index (χ4n) is 5.14. The summed E-state index contributed by atoms with van der Waals surface area (Å²) in [6, 6.07) is 20.5. The van der Waals surface area contributed by atoms with Gasteiger partial charge in [-0.05, 0) is 34.6 Å². The molecule has 51 heavy (non-hydrogen) atoms. The smallest absolute Gasteiger partial charge is 0.416 e. The Morgan fingerprint density at radius 3 is 2.02 bits per heavy atom. The summed E-state index contributed by atoms with van der Waals surface area (Å²) in [6.07, 6.45) is -5.48. The van der Waals surface area contributed by atoms with Crippen LogP contribution in [0.3, 0.4) is 0 Å². The van der Waals surface area contributed by atoms with Crippen LogP contribution in [0.25, 0.3) is 0 Å². The van der Waals surface area contributed by atoms with Crippen LogP contribution in [0.1, 0.15) is 66.5 Å². The second-order valence-electron chi connectivity index (χ2n) is 12.6. The van der Waals surface area contributed by atoms with Crippen LogP contribution in [0.15, 0.2) is 89.5 Å². The number of ketones is 1. The molecule has 4 aromatic rings. The van der Waals surface area contributed by atoms with Gasteiger partial charge in [-0.1, -0.05) is 112 Å². The van der Waals surface area contributed by atoms with Gasteiger partial charge in [-0.25, -0.2) is 4.79 Å². The van der Waals surface area contributed by atoms with E-state index in [2.05, 4.69) is 20.8 Å². The average Bonchev–Trinajstić information content (AvgIpc) is 3.56. The van der Waals surface area contributed by atoms with Gasteiger partial charge in [0.05, 0.1) is 24.6 Å². The molecule has 2 N–H and O–H groups in total. The summed E-state index contributed by atoms with van der Waals surface area (Å²) in [7, 11) is 0. The van der Waals surface area contributed by atoms with Gasteiger partial charge in [0, 0.05) is 6.54 Å². The van der Waals surface area contributed by atoms with E-state index in [1.807, 2.05) is 24.3 Å². The van der Waals surface area contributed by atoms with E-state index in [0.717, 1.165) is 23.3 Å². The van der Waals surface area contributed by atoms with Crippen molar-refractivity contribution in [2.45, 2.75) is 65.5 Å². The topological polar surface area (TPSA) is 144 Å². The van der Waals surface area contributed by atoms with Crippen molar-refractivity contribution in [3.05, 3.63) is 119 Å². The van der Waals surface area contributed by atoms with E-state index in [0.29, 0.717) is 0 Å². The Labute approximate surface area is 293 Å². The number of rotatable bonds is 15. The third-order valence-corrected chi connectivity index (χ3v) is 7.84. The number of Topliss-reactive ketones (excluding diaryl/α,β-unsaturated/α-hetero) is 1. The Balaban J connectivity index is 1.46. The second-order valence-corrected chi connectivity index (χ2v) is 12.6. The number of alkyl carbamates (subject to hydrolysis) is 1. The Morgan fingerprint density at radius 2 is 1.41 bits per heavy atom. The molecule has 2 atom stereocenters. The van der Waals surface area contributed by atoms with Crippen LogP contribution in [0.4, 0.5) is 18.0 Å². The molecule has 270 valence electrons. The van der Waals surface area contributed by atoms with Gasteiger partial charge in [-0.2, -0.15) is 18.2 Å². The highest BCUT2D eigenvalue weighted by molar-refractivity contribution is 5.99. The van der Waals surface area contributed by atoms with Crippen LogP contribution >= 0.6 is 0 Å². The molecule has 0 unspecified atom stereocenters. The Kier molecular flexibility index (Phi) is 13.1. The summed E-state index contributed by atoms with van der Waals surface area (Å²) >= 11 is 0. The third-order valence-electron chi connectivity index (χ3n) is 7.84. The molecule has 0 aliphatic heterocycles. The molecular formula is C37H40F3N5O6. The molecule has 0 aliphatic rings. The summed E-state index contributed by atoms with van der Waals surface area (Å²) in [4.78, 5) is 59.0. The highest BCUT2D eigenvalue weighted by atomic mass is 19.4. The fourth-order valence-corrected chi connectivity index (χ4v) is 5.14. The molecule has 1 aromatic heterocycles. The van der Waals surface area contributed by atoms with Crippen molar-refractivity contribution >= 4 is 23.7 Å². The van der Waals surface area contributed by atoms with E-state index in [1.54, 1.807) is 64.1 Å². The molecular weight excluding hydrogens is 667 g/mol. The first-order valence-corrected chi connectivity index (χ1v) is 16.3. The van der Waals surface area contributed by atoms with Crippen LogP contribution in [-0.4, -0.2) is 57.4 Å². The first-order valence-electron chi connectivity index (χ1n) is 16.3. The quantitative estimate of drug-likeness (QED) is 0.144. The number of carbonyl (C=O) groups excluding carboxylic acids is 4. The summed E-state index contributed by atoms with van der Waals surface area (Å²) in [5.74, 6) is -3.14. The minimum absolute atomic E-state index is 0.000447. The molecule has 0 saturated carbocycles. The second kappa shape index (κ2) is 17.4. The minimum Gasteiger partial charge on any atom is -0.445 e. The van der Waals surface area contributed by atoms with E-state index in [9.17, 15) is 32.3 Å². The Hall–Kier alpha value is -5.53. The predicted molar refractivity (Wildman–Crippen MR) is 180 cm³/mol. The summed E-state index contributed by atoms with van der Waals surface area (Å²) < 4.78 is 50.0. The van der Waals surface area contributed by atoms with Gasteiger partial charge in [0.2, 0.25) is 29.3 Å². The maximum Gasteiger partial charge on any atom is 0.416 e. The summed E-state index contributed by atoms with van der Waals surface area (Å²) in [5, 5.41) is 9.03. The van der Waals surface area contributed by atoms with Crippen molar-refractivity contribution in [2.24, 2.45) is 11.8 Å². The van der Waals surface area contributed by atoms with Crippen molar-refractivity contribution < 1.29 is 41.6 Å². The molecule has 14 heteroatoms. The van der Waals surface area contributed by atoms with Crippen molar-refractivity contribution in [3.8, 4) is 0 Å². The van der Waals surface area contributed by atoms with E-state index in [-0.39, 0.29) is 42.8 Å². The number of halogens is 3. The van der Waals surface area contributed by atoms with Crippen molar-refractivity contribution in [2.75, 3.05) is 6.54 Å². The highest BCUT2D eigenvalue weighted by Crippen LogP contribution is 2.30. The molecule has 4 rings (SSSR count). The minimum atomic E-state index is -4.53. The van der Waals surface area contributed by atoms with Crippen LogP contribution in [0, 0.1) is 11.8 Å². The van der Waals surface area contributed by atoms with Gasteiger partial charge in [0.25, 0.3) is 0 Å². The maximum absolute atomic E-state index is 14.0. The highest BCUT2D eigenvalue weighted by Gasteiger charge is 2.34. The number of hydrogen-bond donors (Lipinski definition) is 2. The number of alkyl halides is 3. The maximum atomic E-state index is 14.0. The van der Waals surface area contributed by atoms with Gasteiger partial charge in [0.1, 0.15) is 12.6 Å².